The Morgan fingerprint density at radius 3 is 2.33 bits per heavy atom. The Morgan fingerprint density at radius 1 is 0.944 bits per heavy atom. The first-order valence-corrected chi connectivity index (χ1v) is 15.0. The number of rotatable bonds is 6. The summed E-state index contributed by atoms with van der Waals surface area (Å²) in [5, 5.41) is 9.73. The molecule has 4 aliphatic rings. The minimum Gasteiger partial charge on any atom is -0.369 e. The number of anilines is 1. The van der Waals surface area contributed by atoms with Gasteiger partial charge in [0.15, 0.2) is 0 Å². The molecular weight excluding hydrogens is 460 g/mol. The smallest absolute Gasteiger partial charge is 0.0991 e. The van der Waals surface area contributed by atoms with Gasteiger partial charge in [0, 0.05) is 50.4 Å². The third kappa shape index (κ3) is 4.46. The number of likely N-dealkylation sites (N-methyl/N-ethyl adjacent to an activating group) is 1. The molecule has 1 unspecified atom stereocenters. The second-order valence-electron chi connectivity index (χ2n) is 11.5. The average Bonchev–Trinajstić information content (AvgIpc) is 3.46. The van der Waals surface area contributed by atoms with Crippen LogP contribution >= 0.6 is 11.9 Å². The first-order valence-electron chi connectivity index (χ1n) is 14.2. The van der Waals surface area contributed by atoms with Crippen molar-refractivity contribution in [1.29, 1.82) is 5.26 Å². The van der Waals surface area contributed by atoms with E-state index >= 15 is 0 Å². The lowest BCUT2D eigenvalue weighted by Crippen LogP contribution is -2.56. The second kappa shape index (κ2) is 10.4. The molecule has 2 aromatic carbocycles. The highest BCUT2D eigenvalue weighted by Gasteiger charge is 2.51. The SMILES string of the molecule is CCN1Cc2ccccc2C(C2CCCC2)(C2CCN(SC3CN(c4ccc(C#N)cc4)C3)CC2)C1. The van der Waals surface area contributed by atoms with Gasteiger partial charge in [-0.15, -0.1) is 0 Å². The van der Waals surface area contributed by atoms with Crippen LogP contribution in [-0.4, -0.2) is 53.7 Å². The number of fused-ring (bicyclic) bond motifs is 1. The largest absolute Gasteiger partial charge is 0.369 e. The third-order valence-electron chi connectivity index (χ3n) is 9.62. The van der Waals surface area contributed by atoms with Crippen LogP contribution in [0, 0.1) is 23.2 Å². The molecule has 1 aliphatic carbocycles. The van der Waals surface area contributed by atoms with Crippen molar-refractivity contribution in [2.45, 2.75) is 62.7 Å². The van der Waals surface area contributed by atoms with Crippen LogP contribution < -0.4 is 4.90 Å². The van der Waals surface area contributed by atoms with Crippen molar-refractivity contribution in [3.63, 3.8) is 0 Å². The van der Waals surface area contributed by atoms with Crippen LogP contribution in [0.2, 0.25) is 0 Å². The van der Waals surface area contributed by atoms with Crippen molar-refractivity contribution < 1.29 is 0 Å². The van der Waals surface area contributed by atoms with Gasteiger partial charge in [0.05, 0.1) is 16.9 Å². The number of hydrogen-bond acceptors (Lipinski definition) is 5. The third-order valence-corrected chi connectivity index (χ3v) is 10.9. The lowest BCUT2D eigenvalue weighted by molar-refractivity contribution is 0.0545. The summed E-state index contributed by atoms with van der Waals surface area (Å²) < 4.78 is 2.69. The topological polar surface area (TPSA) is 33.5 Å². The maximum atomic E-state index is 9.04. The average molecular weight is 501 g/mol. The van der Waals surface area contributed by atoms with Gasteiger partial charge in [-0.3, -0.25) is 9.21 Å². The highest BCUT2D eigenvalue weighted by Crippen LogP contribution is 2.53. The normalized spacial score (nSPS) is 26.5. The van der Waals surface area contributed by atoms with E-state index in [4.69, 9.17) is 5.26 Å². The molecule has 0 aromatic heterocycles. The molecule has 5 heteroatoms. The van der Waals surface area contributed by atoms with Crippen molar-refractivity contribution in [1.82, 2.24) is 9.21 Å². The quantitative estimate of drug-likeness (QED) is 0.450. The predicted molar refractivity (Wildman–Crippen MR) is 150 cm³/mol. The fraction of sp³-hybridized carbons (Fsp3) is 0.581. The minimum absolute atomic E-state index is 0.348. The molecule has 0 bridgehead atoms. The van der Waals surface area contributed by atoms with Gasteiger partial charge in [-0.1, -0.05) is 56.0 Å². The number of benzene rings is 2. The molecule has 36 heavy (non-hydrogen) atoms. The van der Waals surface area contributed by atoms with E-state index in [0.29, 0.717) is 10.7 Å². The molecule has 0 radical (unpaired) electrons. The van der Waals surface area contributed by atoms with E-state index in [2.05, 4.69) is 75.4 Å². The maximum Gasteiger partial charge on any atom is 0.0991 e. The van der Waals surface area contributed by atoms with Gasteiger partial charge >= 0.3 is 0 Å². The monoisotopic (exact) mass is 500 g/mol. The highest BCUT2D eigenvalue weighted by atomic mass is 32.2. The zero-order valence-corrected chi connectivity index (χ0v) is 22.6. The Hall–Kier alpha value is -2.00. The van der Waals surface area contributed by atoms with Crippen molar-refractivity contribution in [3.05, 3.63) is 65.2 Å². The Bertz CT molecular complexity index is 1070. The van der Waals surface area contributed by atoms with Crippen LogP contribution in [0.1, 0.15) is 62.1 Å². The fourth-order valence-electron chi connectivity index (χ4n) is 7.71. The Balaban J connectivity index is 1.12. The molecule has 0 amide bonds. The molecule has 1 atom stereocenters. The van der Waals surface area contributed by atoms with E-state index in [0.717, 1.165) is 43.6 Å². The summed E-state index contributed by atoms with van der Waals surface area (Å²) in [5.41, 5.74) is 5.66. The lowest BCUT2D eigenvalue weighted by atomic mass is 9.57. The molecular formula is C31H40N4S. The summed E-state index contributed by atoms with van der Waals surface area (Å²) in [5.74, 6) is 1.65. The van der Waals surface area contributed by atoms with Crippen LogP contribution in [-0.2, 0) is 12.0 Å². The molecule has 4 nitrogen and oxygen atoms in total. The van der Waals surface area contributed by atoms with Crippen molar-refractivity contribution in [2.24, 2.45) is 11.8 Å². The molecule has 3 heterocycles. The minimum atomic E-state index is 0.348. The molecule has 3 fully saturated rings. The standard InChI is InChI=1S/C31H40N4S/c1-2-33-20-25-7-3-6-10-30(25)31(23-33,26-8-4-5-9-26)27-15-17-35(18-16-27)36-29-21-34(22-29)28-13-11-24(19-32)12-14-28/h3,6-7,10-14,26-27,29H,2,4-5,8-9,15-18,20-23H2,1H3. The molecule has 0 spiro atoms. The van der Waals surface area contributed by atoms with Gasteiger partial charge in [-0.25, -0.2) is 0 Å². The second-order valence-corrected chi connectivity index (χ2v) is 12.9. The first-order chi connectivity index (χ1) is 17.7. The number of piperidine rings is 1. The summed E-state index contributed by atoms with van der Waals surface area (Å²) in [6.07, 6.45) is 8.37. The van der Waals surface area contributed by atoms with Crippen molar-refractivity contribution in [3.8, 4) is 6.07 Å². The van der Waals surface area contributed by atoms with Gasteiger partial charge in [-0.05, 0) is 79.5 Å². The van der Waals surface area contributed by atoms with Crippen LogP contribution in [0.4, 0.5) is 5.69 Å². The molecule has 1 saturated carbocycles. The van der Waals surface area contributed by atoms with Gasteiger partial charge < -0.3 is 4.90 Å². The summed E-state index contributed by atoms with van der Waals surface area (Å²) in [4.78, 5) is 5.19. The van der Waals surface area contributed by atoms with Crippen LogP contribution in [0.15, 0.2) is 48.5 Å². The van der Waals surface area contributed by atoms with E-state index in [-0.39, 0.29) is 0 Å². The molecule has 0 N–H and O–H groups in total. The highest BCUT2D eigenvalue weighted by molar-refractivity contribution is 7.97. The van der Waals surface area contributed by atoms with Crippen molar-refractivity contribution >= 4 is 17.6 Å². The van der Waals surface area contributed by atoms with E-state index < -0.39 is 0 Å². The summed E-state index contributed by atoms with van der Waals surface area (Å²) in [7, 11) is 0. The van der Waals surface area contributed by atoms with Gasteiger partial charge in [0.2, 0.25) is 0 Å². The fourth-order valence-corrected chi connectivity index (χ4v) is 9.05. The summed E-state index contributed by atoms with van der Waals surface area (Å²) in [6, 6.07) is 19.8. The summed E-state index contributed by atoms with van der Waals surface area (Å²) in [6.45, 7) is 10.6. The van der Waals surface area contributed by atoms with Crippen LogP contribution in [0.5, 0.6) is 0 Å². The lowest BCUT2D eigenvalue weighted by Gasteiger charge is -2.54. The van der Waals surface area contributed by atoms with E-state index in [9.17, 15) is 0 Å². The molecule has 2 saturated heterocycles. The van der Waals surface area contributed by atoms with Crippen LogP contribution in [0.25, 0.3) is 0 Å². The van der Waals surface area contributed by atoms with E-state index in [1.54, 1.807) is 11.1 Å². The Labute approximate surface area is 221 Å². The van der Waals surface area contributed by atoms with Gasteiger partial charge in [-0.2, -0.15) is 5.26 Å². The predicted octanol–water partition coefficient (Wildman–Crippen LogP) is 6.07. The number of hydrogen-bond donors (Lipinski definition) is 0. The Morgan fingerprint density at radius 2 is 1.64 bits per heavy atom. The van der Waals surface area contributed by atoms with E-state index in [1.165, 1.54) is 63.8 Å². The van der Waals surface area contributed by atoms with Gasteiger partial charge in [0.1, 0.15) is 0 Å². The molecule has 2 aromatic rings. The molecule has 3 aliphatic heterocycles. The number of nitrogens with zero attached hydrogens (tertiary/aromatic N) is 4. The molecule has 190 valence electrons. The zero-order valence-electron chi connectivity index (χ0n) is 21.7. The van der Waals surface area contributed by atoms with Crippen LogP contribution in [0.3, 0.4) is 0 Å². The molecule has 6 rings (SSSR count). The first kappa shape index (κ1) is 24.3. The summed E-state index contributed by atoms with van der Waals surface area (Å²) >= 11 is 2.11. The zero-order chi connectivity index (χ0) is 24.5. The maximum absolute atomic E-state index is 9.04. The Kier molecular flexibility index (Phi) is 7.03. The van der Waals surface area contributed by atoms with E-state index in [1.807, 2.05) is 12.1 Å². The number of nitriles is 1. The van der Waals surface area contributed by atoms with Crippen molar-refractivity contribution in [2.75, 3.05) is 44.2 Å². The van der Waals surface area contributed by atoms with Gasteiger partial charge in [0.25, 0.3) is 0 Å².